The molecule has 0 spiro atoms. The first-order chi connectivity index (χ1) is 13.3. The van der Waals surface area contributed by atoms with Gasteiger partial charge >= 0.3 is 5.97 Å². The van der Waals surface area contributed by atoms with E-state index in [-0.39, 0.29) is 10.8 Å². The molecule has 9 heteroatoms. The highest BCUT2D eigenvalue weighted by Crippen LogP contribution is 2.09. The van der Waals surface area contributed by atoms with E-state index in [0.717, 1.165) is 4.68 Å². The second-order valence-electron chi connectivity index (χ2n) is 6.01. The van der Waals surface area contributed by atoms with Crippen LogP contribution in [0.4, 0.5) is 10.1 Å². The molecule has 0 aliphatic heterocycles. The number of amides is 1. The van der Waals surface area contributed by atoms with Crippen LogP contribution in [-0.2, 0) is 20.9 Å². The molecule has 1 atom stereocenters. The molecule has 0 saturated heterocycles. The lowest BCUT2D eigenvalue weighted by Gasteiger charge is -2.14. The topological polar surface area (TPSA) is 110 Å². The van der Waals surface area contributed by atoms with E-state index in [1.807, 2.05) is 0 Å². The van der Waals surface area contributed by atoms with E-state index in [0.29, 0.717) is 5.69 Å². The summed E-state index contributed by atoms with van der Waals surface area (Å²) in [6.45, 7) is 0.787. The number of anilines is 1. The molecule has 3 aromatic rings. The van der Waals surface area contributed by atoms with E-state index in [1.165, 1.54) is 43.3 Å². The van der Waals surface area contributed by atoms with Gasteiger partial charge in [0.25, 0.3) is 17.0 Å². The molecule has 28 heavy (non-hydrogen) atoms. The minimum Gasteiger partial charge on any atom is -0.451 e. The number of aromatic amines is 1. The highest BCUT2D eigenvalue weighted by atomic mass is 19.1. The van der Waals surface area contributed by atoms with Gasteiger partial charge in [-0.1, -0.05) is 12.1 Å². The third-order valence-corrected chi connectivity index (χ3v) is 3.96. The van der Waals surface area contributed by atoms with Crippen molar-refractivity contribution in [1.29, 1.82) is 0 Å². The van der Waals surface area contributed by atoms with Crippen LogP contribution in [0.15, 0.2) is 58.1 Å². The van der Waals surface area contributed by atoms with E-state index in [2.05, 4.69) is 10.4 Å². The van der Waals surface area contributed by atoms with Crippen LogP contribution in [0.1, 0.15) is 6.92 Å². The molecule has 144 valence electrons. The fraction of sp³-hybridized carbons (Fsp3) is 0.158. The molecule has 0 aliphatic carbocycles. The van der Waals surface area contributed by atoms with Crippen molar-refractivity contribution < 1.29 is 18.7 Å². The molecular formula is C19H16FN3O5. The highest BCUT2D eigenvalue weighted by molar-refractivity contribution is 5.95. The second kappa shape index (κ2) is 7.87. The number of esters is 1. The van der Waals surface area contributed by atoms with Gasteiger partial charge in [0.2, 0.25) is 0 Å². The standard InChI is InChI=1S/C19H16FN3O5/c1-11(17(25)21-13-8-6-12(20)7-9-13)28-16(24)10-23-19(27)15-5-3-2-4-14(15)18(26)22-23/h2-9,11H,10H2,1H3,(H,21,25)(H,22,26)/t11-/m1/s1. The van der Waals surface area contributed by atoms with Crippen molar-refractivity contribution >= 4 is 28.3 Å². The van der Waals surface area contributed by atoms with Crippen molar-refractivity contribution in [2.24, 2.45) is 0 Å². The highest BCUT2D eigenvalue weighted by Gasteiger charge is 2.19. The first-order valence-corrected chi connectivity index (χ1v) is 8.33. The first-order valence-electron chi connectivity index (χ1n) is 8.33. The number of hydrogen-bond acceptors (Lipinski definition) is 5. The van der Waals surface area contributed by atoms with Crippen LogP contribution < -0.4 is 16.4 Å². The second-order valence-corrected chi connectivity index (χ2v) is 6.01. The van der Waals surface area contributed by atoms with Gasteiger partial charge in [-0.2, -0.15) is 0 Å². The minimum atomic E-state index is -1.17. The Bertz CT molecular complexity index is 1150. The lowest BCUT2D eigenvalue weighted by Crippen LogP contribution is -2.35. The number of halogens is 1. The first kappa shape index (κ1) is 19.0. The zero-order chi connectivity index (χ0) is 20.3. The summed E-state index contributed by atoms with van der Waals surface area (Å²) in [6.07, 6.45) is -1.17. The summed E-state index contributed by atoms with van der Waals surface area (Å²) < 4.78 is 18.7. The maximum Gasteiger partial charge on any atom is 0.328 e. The number of benzene rings is 2. The van der Waals surface area contributed by atoms with Crippen LogP contribution in [0.5, 0.6) is 0 Å². The number of rotatable bonds is 5. The van der Waals surface area contributed by atoms with E-state index in [1.54, 1.807) is 12.1 Å². The number of carbonyl (C=O) groups is 2. The Morgan fingerprint density at radius 3 is 2.43 bits per heavy atom. The van der Waals surface area contributed by atoms with E-state index in [9.17, 15) is 23.6 Å². The predicted molar refractivity (Wildman–Crippen MR) is 99.4 cm³/mol. The molecule has 0 radical (unpaired) electrons. The Morgan fingerprint density at radius 1 is 1.11 bits per heavy atom. The lowest BCUT2D eigenvalue weighted by atomic mass is 10.2. The number of ether oxygens (including phenoxy) is 1. The summed E-state index contributed by atoms with van der Waals surface area (Å²) in [7, 11) is 0. The summed E-state index contributed by atoms with van der Waals surface area (Å²) in [5.74, 6) is -1.96. The van der Waals surface area contributed by atoms with Crippen molar-refractivity contribution in [3.8, 4) is 0 Å². The molecule has 1 heterocycles. The predicted octanol–water partition coefficient (Wildman–Crippen LogP) is 1.40. The van der Waals surface area contributed by atoms with Crippen molar-refractivity contribution in [3.05, 3.63) is 75.1 Å². The summed E-state index contributed by atoms with van der Waals surface area (Å²) in [6, 6.07) is 11.3. The number of aromatic nitrogens is 2. The Hall–Kier alpha value is -3.75. The van der Waals surface area contributed by atoms with E-state index < -0.39 is 41.5 Å². The van der Waals surface area contributed by atoms with Crippen LogP contribution in [0.2, 0.25) is 0 Å². The zero-order valence-electron chi connectivity index (χ0n) is 14.8. The fourth-order valence-corrected chi connectivity index (χ4v) is 2.55. The maximum absolute atomic E-state index is 12.9. The number of carbonyl (C=O) groups excluding carboxylic acids is 2. The smallest absolute Gasteiger partial charge is 0.328 e. The molecule has 2 N–H and O–H groups in total. The van der Waals surface area contributed by atoms with Gasteiger partial charge in [0.1, 0.15) is 12.4 Å². The number of H-pyrrole nitrogens is 1. The fourth-order valence-electron chi connectivity index (χ4n) is 2.55. The SMILES string of the molecule is C[C@@H](OC(=O)Cn1[nH]c(=O)c2ccccc2c1=O)C(=O)Nc1ccc(F)cc1. The quantitative estimate of drug-likeness (QED) is 0.645. The largest absolute Gasteiger partial charge is 0.451 e. The van der Waals surface area contributed by atoms with Crippen molar-refractivity contribution in [2.45, 2.75) is 19.6 Å². The summed E-state index contributed by atoms with van der Waals surface area (Å²) in [4.78, 5) is 48.6. The van der Waals surface area contributed by atoms with Gasteiger partial charge in [0, 0.05) is 5.69 Å². The van der Waals surface area contributed by atoms with Crippen LogP contribution >= 0.6 is 0 Å². The summed E-state index contributed by atoms with van der Waals surface area (Å²) >= 11 is 0. The Morgan fingerprint density at radius 2 is 1.75 bits per heavy atom. The molecule has 1 amide bonds. The van der Waals surface area contributed by atoms with Gasteiger partial charge in [-0.25, -0.2) is 9.07 Å². The van der Waals surface area contributed by atoms with Crippen molar-refractivity contribution in [1.82, 2.24) is 9.78 Å². The molecule has 3 rings (SSSR count). The molecule has 1 aromatic heterocycles. The number of fused-ring (bicyclic) bond motifs is 1. The van der Waals surface area contributed by atoms with Gasteiger partial charge in [-0.05, 0) is 43.3 Å². The number of nitrogens with one attached hydrogen (secondary N) is 2. The molecule has 0 bridgehead atoms. The van der Waals surface area contributed by atoms with Gasteiger partial charge < -0.3 is 10.1 Å². The zero-order valence-corrected chi connectivity index (χ0v) is 14.8. The molecule has 0 fully saturated rings. The third kappa shape index (κ3) is 4.14. The minimum absolute atomic E-state index is 0.168. The maximum atomic E-state index is 12.9. The molecule has 0 aliphatic rings. The molecular weight excluding hydrogens is 369 g/mol. The molecule has 0 unspecified atom stereocenters. The van der Waals surface area contributed by atoms with Crippen LogP contribution in [0.25, 0.3) is 10.8 Å². The summed E-state index contributed by atoms with van der Waals surface area (Å²) in [5, 5.41) is 5.16. The van der Waals surface area contributed by atoms with Crippen molar-refractivity contribution in [2.75, 3.05) is 5.32 Å². The third-order valence-electron chi connectivity index (χ3n) is 3.96. The van der Waals surface area contributed by atoms with Crippen molar-refractivity contribution in [3.63, 3.8) is 0 Å². The Kier molecular flexibility index (Phi) is 5.35. The van der Waals surface area contributed by atoms with Gasteiger partial charge in [-0.15, -0.1) is 0 Å². The van der Waals surface area contributed by atoms with Gasteiger partial charge in [0.05, 0.1) is 10.8 Å². The molecule has 2 aromatic carbocycles. The van der Waals surface area contributed by atoms with E-state index >= 15 is 0 Å². The van der Waals surface area contributed by atoms with E-state index in [4.69, 9.17) is 4.74 Å². The normalized spacial score (nSPS) is 11.8. The Labute approximate surface area is 157 Å². The molecule has 0 saturated carbocycles. The van der Waals surface area contributed by atoms with Crippen LogP contribution in [0, 0.1) is 5.82 Å². The number of hydrogen-bond donors (Lipinski definition) is 2. The number of nitrogens with zero attached hydrogens (tertiary/aromatic N) is 1. The monoisotopic (exact) mass is 385 g/mol. The van der Waals surface area contributed by atoms with Crippen LogP contribution in [-0.4, -0.2) is 27.8 Å². The molecule has 8 nitrogen and oxygen atoms in total. The van der Waals surface area contributed by atoms with Crippen LogP contribution in [0.3, 0.4) is 0 Å². The average molecular weight is 385 g/mol. The van der Waals surface area contributed by atoms with Gasteiger partial charge in [-0.3, -0.25) is 24.3 Å². The van der Waals surface area contributed by atoms with Gasteiger partial charge in [0.15, 0.2) is 6.10 Å². The Balaban J connectivity index is 1.68. The lowest BCUT2D eigenvalue weighted by molar-refractivity contribution is -0.154. The average Bonchev–Trinajstić information content (AvgIpc) is 2.67. The summed E-state index contributed by atoms with van der Waals surface area (Å²) in [5.41, 5.74) is -0.745.